The van der Waals surface area contributed by atoms with Gasteiger partial charge in [-0.3, -0.25) is 19.2 Å². The summed E-state index contributed by atoms with van der Waals surface area (Å²) in [6, 6.07) is 2.11. The highest BCUT2D eigenvalue weighted by molar-refractivity contribution is 6.27. The van der Waals surface area contributed by atoms with E-state index in [2.05, 4.69) is 0 Å². The Hall–Kier alpha value is -3.00. The summed E-state index contributed by atoms with van der Waals surface area (Å²) in [6.45, 7) is 7.86. The van der Waals surface area contributed by atoms with Gasteiger partial charge in [0, 0.05) is 13.3 Å². The topological polar surface area (TPSA) is 138 Å². The Morgan fingerprint density at radius 1 is 1.10 bits per heavy atom. The van der Waals surface area contributed by atoms with Gasteiger partial charge in [-0.1, -0.05) is 25.5 Å². The molecule has 0 amide bonds. The van der Waals surface area contributed by atoms with E-state index < -0.39 is 75.9 Å². The van der Waals surface area contributed by atoms with Crippen LogP contribution in [0.4, 0.5) is 0 Å². The molecule has 1 aliphatic rings. The number of hydrogen-bond donors (Lipinski definition) is 3. The number of phenols is 2. The van der Waals surface area contributed by atoms with Crippen LogP contribution in [0.15, 0.2) is 23.8 Å². The number of ketones is 3. The summed E-state index contributed by atoms with van der Waals surface area (Å²) in [7, 11) is 0. The van der Waals surface area contributed by atoms with Crippen LogP contribution in [-0.4, -0.2) is 50.8 Å². The summed E-state index contributed by atoms with van der Waals surface area (Å²) >= 11 is 0. The molecule has 8 heteroatoms. The molecule has 8 nitrogen and oxygen atoms in total. The lowest BCUT2D eigenvalue weighted by Gasteiger charge is -2.40. The van der Waals surface area contributed by atoms with Crippen molar-refractivity contribution in [2.24, 2.45) is 11.3 Å². The van der Waals surface area contributed by atoms with Gasteiger partial charge in [0.25, 0.3) is 0 Å². The molecule has 0 fully saturated rings. The lowest BCUT2D eigenvalue weighted by molar-refractivity contribution is -0.161. The summed E-state index contributed by atoms with van der Waals surface area (Å²) in [5.74, 6) is -5.09. The van der Waals surface area contributed by atoms with Crippen LogP contribution in [-0.2, 0) is 14.3 Å². The standard InChI is InChI=1S/C23H28O8/c1-11(2)6-9-17(28)23(22(30)20(12(3)4)31-13(5)24)10-16(27)18-14(25)7-8-15(26)19(18)21(23)29/h6-8,12,17,20,25-26,28H,9-10H2,1-5H3/t17-,20?,23?/m1/s1. The first-order valence-electron chi connectivity index (χ1n) is 10.0. The highest BCUT2D eigenvalue weighted by Gasteiger charge is 2.59. The van der Waals surface area contributed by atoms with Crippen molar-refractivity contribution in [2.75, 3.05) is 0 Å². The fourth-order valence-corrected chi connectivity index (χ4v) is 3.84. The largest absolute Gasteiger partial charge is 0.507 e. The third-order valence-electron chi connectivity index (χ3n) is 5.43. The van der Waals surface area contributed by atoms with E-state index >= 15 is 0 Å². The summed E-state index contributed by atoms with van der Waals surface area (Å²) in [6.07, 6.45) is -2.25. The number of aliphatic hydroxyl groups excluding tert-OH is 1. The molecular weight excluding hydrogens is 404 g/mol. The summed E-state index contributed by atoms with van der Waals surface area (Å²) in [5.41, 5.74) is -2.38. The fourth-order valence-electron chi connectivity index (χ4n) is 3.84. The first-order valence-corrected chi connectivity index (χ1v) is 10.0. The number of phenolic OH excluding ortho intramolecular Hbond substituents is 2. The quantitative estimate of drug-likeness (QED) is 0.259. The van der Waals surface area contributed by atoms with Gasteiger partial charge >= 0.3 is 5.97 Å². The Balaban J connectivity index is 2.77. The van der Waals surface area contributed by atoms with E-state index in [-0.39, 0.29) is 6.42 Å². The number of Topliss-reactive ketones (excluding diaryl/α,β-unsaturated/α-hetero) is 3. The number of aliphatic hydroxyl groups is 1. The van der Waals surface area contributed by atoms with E-state index in [0.717, 1.165) is 24.6 Å². The van der Waals surface area contributed by atoms with E-state index in [1.165, 1.54) is 0 Å². The number of benzene rings is 1. The van der Waals surface area contributed by atoms with Gasteiger partial charge in [-0.25, -0.2) is 0 Å². The maximum atomic E-state index is 13.7. The molecule has 0 radical (unpaired) electrons. The molecule has 0 saturated carbocycles. The molecule has 0 saturated heterocycles. The molecule has 1 aromatic carbocycles. The number of hydrogen-bond acceptors (Lipinski definition) is 8. The first kappa shape index (κ1) is 24.3. The average Bonchev–Trinajstić information content (AvgIpc) is 2.67. The SMILES string of the molecule is CC(=O)OC(C(=O)C1([C@H](O)CC=C(C)C)CC(=O)c2c(O)ccc(O)c2C1=O)C(C)C. The monoisotopic (exact) mass is 432 g/mol. The van der Waals surface area contributed by atoms with Gasteiger partial charge in [-0.05, 0) is 38.3 Å². The average molecular weight is 432 g/mol. The van der Waals surface area contributed by atoms with E-state index in [4.69, 9.17) is 4.74 Å². The molecule has 168 valence electrons. The van der Waals surface area contributed by atoms with Crippen LogP contribution in [0.1, 0.15) is 68.2 Å². The van der Waals surface area contributed by atoms with Gasteiger partial charge in [0.2, 0.25) is 0 Å². The zero-order valence-corrected chi connectivity index (χ0v) is 18.3. The van der Waals surface area contributed by atoms with Crippen LogP contribution < -0.4 is 0 Å². The molecule has 2 unspecified atom stereocenters. The second-order valence-corrected chi connectivity index (χ2v) is 8.43. The number of allylic oxidation sites excluding steroid dienone is 1. The smallest absolute Gasteiger partial charge is 0.303 e. The van der Waals surface area contributed by atoms with Crippen LogP contribution in [0, 0.1) is 11.3 Å². The van der Waals surface area contributed by atoms with Crippen LogP contribution >= 0.6 is 0 Å². The molecule has 0 aromatic heterocycles. The maximum Gasteiger partial charge on any atom is 0.303 e. The molecular formula is C23H28O8. The Kier molecular flexibility index (Phi) is 7.06. The van der Waals surface area contributed by atoms with E-state index in [1.54, 1.807) is 33.8 Å². The van der Waals surface area contributed by atoms with Crippen molar-refractivity contribution < 1.29 is 39.2 Å². The van der Waals surface area contributed by atoms with Crippen LogP contribution in [0.3, 0.4) is 0 Å². The van der Waals surface area contributed by atoms with Gasteiger partial charge in [-0.2, -0.15) is 0 Å². The minimum atomic E-state index is -2.29. The first-order chi connectivity index (χ1) is 14.3. The molecule has 0 spiro atoms. The van der Waals surface area contributed by atoms with Gasteiger partial charge in [0.1, 0.15) is 16.9 Å². The van der Waals surface area contributed by atoms with Gasteiger partial charge in [0.15, 0.2) is 23.5 Å². The highest BCUT2D eigenvalue weighted by Crippen LogP contribution is 2.46. The third kappa shape index (κ3) is 4.39. The predicted molar refractivity (Wildman–Crippen MR) is 111 cm³/mol. The Bertz CT molecular complexity index is 955. The lowest BCUT2D eigenvalue weighted by Crippen LogP contribution is -2.57. The molecule has 1 aromatic rings. The molecule has 2 rings (SSSR count). The second kappa shape index (κ2) is 9.01. The number of aromatic hydroxyl groups is 2. The van der Waals surface area contributed by atoms with Crippen molar-refractivity contribution >= 4 is 23.3 Å². The summed E-state index contributed by atoms with van der Waals surface area (Å²) in [4.78, 5) is 51.9. The van der Waals surface area contributed by atoms with Crippen molar-refractivity contribution in [3.63, 3.8) is 0 Å². The van der Waals surface area contributed by atoms with Gasteiger partial charge in [-0.15, -0.1) is 0 Å². The van der Waals surface area contributed by atoms with Crippen LogP contribution in [0.5, 0.6) is 11.5 Å². The second-order valence-electron chi connectivity index (χ2n) is 8.43. The molecule has 0 heterocycles. The van der Waals surface area contributed by atoms with Gasteiger partial charge < -0.3 is 20.1 Å². The summed E-state index contributed by atoms with van der Waals surface area (Å²) < 4.78 is 5.16. The van der Waals surface area contributed by atoms with Crippen molar-refractivity contribution in [2.45, 2.75) is 59.7 Å². The molecule has 3 N–H and O–H groups in total. The summed E-state index contributed by atoms with van der Waals surface area (Å²) in [5, 5.41) is 31.5. The fraction of sp³-hybridized carbons (Fsp3) is 0.478. The van der Waals surface area contributed by atoms with E-state index in [9.17, 15) is 34.5 Å². The lowest BCUT2D eigenvalue weighted by atomic mass is 9.61. The Morgan fingerprint density at radius 3 is 2.13 bits per heavy atom. The molecule has 0 aliphatic heterocycles. The van der Waals surface area contributed by atoms with Crippen molar-refractivity contribution in [3.8, 4) is 11.5 Å². The number of rotatable bonds is 7. The number of carbonyl (C=O) groups is 4. The Labute approximate surface area is 180 Å². The van der Waals surface area contributed by atoms with E-state index in [1.807, 2.05) is 0 Å². The normalized spacial score (nSPS) is 20.1. The van der Waals surface area contributed by atoms with Crippen LogP contribution in [0.25, 0.3) is 0 Å². The van der Waals surface area contributed by atoms with Crippen molar-refractivity contribution in [1.29, 1.82) is 0 Å². The highest BCUT2D eigenvalue weighted by atomic mass is 16.5. The molecule has 3 atom stereocenters. The van der Waals surface area contributed by atoms with Gasteiger partial charge in [0.05, 0.1) is 17.2 Å². The minimum Gasteiger partial charge on any atom is -0.507 e. The number of carbonyl (C=O) groups excluding carboxylic acids is 4. The van der Waals surface area contributed by atoms with Crippen LogP contribution in [0.2, 0.25) is 0 Å². The van der Waals surface area contributed by atoms with Crippen molar-refractivity contribution in [1.82, 2.24) is 0 Å². The number of esters is 1. The predicted octanol–water partition coefficient (Wildman–Crippen LogP) is 2.73. The number of fused-ring (bicyclic) bond motifs is 1. The molecule has 0 bridgehead atoms. The zero-order chi connectivity index (χ0) is 23.7. The van der Waals surface area contributed by atoms with Crippen molar-refractivity contribution in [3.05, 3.63) is 34.9 Å². The minimum absolute atomic E-state index is 0.118. The number of ether oxygens (including phenoxy) is 1. The zero-order valence-electron chi connectivity index (χ0n) is 18.3. The Morgan fingerprint density at radius 2 is 1.65 bits per heavy atom. The molecule has 31 heavy (non-hydrogen) atoms. The maximum absolute atomic E-state index is 13.7. The van der Waals surface area contributed by atoms with E-state index in [0.29, 0.717) is 0 Å². The molecule has 1 aliphatic carbocycles. The third-order valence-corrected chi connectivity index (χ3v) is 5.43.